The van der Waals surface area contributed by atoms with Crippen LogP contribution in [0.1, 0.15) is 32.3 Å². The molecule has 0 aromatic heterocycles. The van der Waals surface area contributed by atoms with Gasteiger partial charge in [-0.15, -0.1) is 0 Å². The van der Waals surface area contributed by atoms with Crippen molar-refractivity contribution in [2.45, 2.75) is 32.3 Å². The van der Waals surface area contributed by atoms with Gasteiger partial charge in [0.1, 0.15) is 5.82 Å². The van der Waals surface area contributed by atoms with Crippen molar-refractivity contribution in [3.63, 3.8) is 0 Å². The summed E-state index contributed by atoms with van der Waals surface area (Å²) in [6, 6.07) is 3.54. The quantitative estimate of drug-likeness (QED) is 0.768. The highest BCUT2D eigenvalue weighted by Gasteiger charge is 2.52. The molecule has 0 aliphatic carbocycles. The third kappa shape index (κ3) is 2.89. The molecular formula is C17H15ClFNO5. The predicted molar refractivity (Wildman–Crippen MR) is 84.6 cm³/mol. The Hall–Kier alpha value is -2.41. The molecule has 0 bridgehead atoms. The second kappa shape index (κ2) is 6.15. The summed E-state index contributed by atoms with van der Waals surface area (Å²) in [7, 11) is 0. The summed E-state index contributed by atoms with van der Waals surface area (Å²) in [6.45, 7) is 2.86. The van der Waals surface area contributed by atoms with Crippen LogP contribution in [0.15, 0.2) is 29.8 Å². The van der Waals surface area contributed by atoms with Crippen molar-refractivity contribution in [2.75, 3.05) is 6.54 Å². The molecule has 0 radical (unpaired) electrons. The Labute approximate surface area is 148 Å². The number of benzene rings is 1. The van der Waals surface area contributed by atoms with Gasteiger partial charge >= 0.3 is 5.97 Å². The molecule has 8 heteroatoms. The smallest absolute Gasteiger partial charge is 0.308 e. The van der Waals surface area contributed by atoms with Crippen LogP contribution in [-0.4, -0.2) is 29.1 Å². The standard InChI is InChI=1S/C17H15ClFNO5/c1-9(21)24-14-15(23)17(2,11-8-10(19)5-6-12(11)18)25-16(14)20-7-3-4-13(20)22/h5-6,8H,3-4,7H2,1-2H3. The van der Waals surface area contributed by atoms with Gasteiger partial charge in [-0.05, 0) is 31.5 Å². The molecule has 2 heterocycles. The summed E-state index contributed by atoms with van der Waals surface area (Å²) in [6.07, 6.45) is 0.885. The molecule has 0 N–H and O–H groups in total. The molecule has 1 aromatic carbocycles. The van der Waals surface area contributed by atoms with E-state index in [4.69, 9.17) is 21.1 Å². The van der Waals surface area contributed by atoms with Crippen LogP contribution in [0.2, 0.25) is 5.02 Å². The second-order valence-corrected chi connectivity index (χ2v) is 6.37. The second-order valence-electron chi connectivity index (χ2n) is 5.97. The highest BCUT2D eigenvalue weighted by atomic mass is 35.5. The summed E-state index contributed by atoms with van der Waals surface area (Å²) >= 11 is 6.12. The van der Waals surface area contributed by atoms with Crippen LogP contribution in [0.5, 0.6) is 0 Å². The van der Waals surface area contributed by atoms with E-state index in [2.05, 4.69) is 0 Å². The summed E-state index contributed by atoms with van der Waals surface area (Å²) in [4.78, 5) is 37.6. The SMILES string of the molecule is CC(=O)OC1=C(N2CCCC2=O)OC(C)(c2cc(F)ccc2Cl)C1=O. The topological polar surface area (TPSA) is 72.9 Å². The van der Waals surface area contributed by atoms with Crippen molar-refractivity contribution >= 4 is 29.3 Å². The maximum atomic E-state index is 13.7. The first kappa shape index (κ1) is 17.4. The number of esters is 1. The first-order valence-electron chi connectivity index (χ1n) is 7.66. The number of Topliss-reactive ketones (excluding diaryl/α,β-unsaturated/α-hetero) is 1. The zero-order chi connectivity index (χ0) is 18.4. The minimum atomic E-state index is -1.71. The number of ketones is 1. The molecule has 132 valence electrons. The molecule has 0 spiro atoms. The molecular weight excluding hydrogens is 353 g/mol. The van der Waals surface area contributed by atoms with E-state index in [1.807, 2.05) is 0 Å². The number of likely N-dealkylation sites (tertiary alicyclic amines) is 1. The molecule has 1 fully saturated rings. The fourth-order valence-electron chi connectivity index (χ4n) is 2.91. The molecule has 25 heavy (non-hydrogen) atoms. The van der Waals surface area contributed by atoms with Crippen LogP contribution < -0.4 is 0 Å². The lowest BCUT2D eigenvalue weighted by Gasteiger charge is -2.26. The lowest BCUT2D eigenvalue weighted by molar-refractivity contribution is -0.142. The number of carbonyl (C=O) groups excluding carboxylic acids is 3. The lowest BCUT2D eigenvalue weighted by Crippen LogP contribution is -2.33. The maximum absolute atomic E-state index is 13.7. The average Bonchev–Trinajstić information content (AvgIpc) is 3.06. The van der Waals surface area contributed by atoms with Crippen LogP contribution in [0.3, 0.4) is 0 Å². The van der Waals surface area contributed by atoms with Gasteiger partial charge in [0.15, 0.2) is 0 Å². The Kier molecular flexibility index (Phi) is 4.28. The molecule has 2 aliphatic rings. The molecule has 2 aliphatic heterocycles. The molecule has 3 rings (SSSR count). The number of rotatable bonds is 3. The number of halogens is 2. The third-order valence-electron chi connectivity index (χ3n) is 4.14. The monoisotopic (exact) mass is 367 g/mol. The van der Waals surface area contributed by atoms with Crippen LogP contribution in [0, 0.1) is 5.82 Å². The van der Waals surface area contributed by atoms with E-state index in [-0.39, 0.29) is 28.1 Å². The fourth-order valence-corrected chi connectivity index (χ4v) is 3.21. The molecule has 1 amide bonds. The minimum Gasteiger partial charge on any atom is -0.456 e. The van der Waals surface area contributed by atoms with E-state index in [0.717, 1.165) is 19.1 Å². The fraction of sp³-hybridized carbons (Fsp3) is 0.353. The van der Waals surface area contributed by atoms with Gasteiger partial charge in [0.05, 0.1) is 0 Å². The summed E-state index contributed by atoms with van der Waals surface area (Å²) in [5, 5.41) is 0.119. The highest BCUT2D eigenvalue weighted by Crippen LogP contribution is 2.43. The molecule has 1 aromatic rings. The first-order chi connectivity index (χ1) is 11.7. The average molecular weight is 368 g/mol. The zero-order valence-electron chi connectivity index (χ0n) is 13.6. The van der Waals surface area contributed by atoms with Crippen LogP contribution in [-0.2, 0) is 29.5 Å². The van der Waals surface area contributed by atoms with E-state index in [1.54, 1.807) is 0 Å². The Morgan fingerprint density at radius 2 is 2.12 bits per heavy atom. The van der Waals surface area contributed by atoms with Gasteiger partial charge in [-0.2, -0.15) is 0 Å². The highest BCUT2D eigenvalue weighted by molar-refractivity contribution is 6.32. The number of nitrogens with zero attached hydrogens (tertiary/aromatic N) is 1. The van der Waals surface area contributed by atoms with Crippen molar-refractivity contribution in [1.82, 2.24) is 4.90 Å². The Balaban J connectivity index is 2.09. The van der Waals surface area contributed by atoms with E-state index in [1.165, 1.54) is 17.9 Å². The summed E-state index contributed by atoms with van der Waals surface area (Å²) < 4.78 is 24.5. The number of amides is 1. The van der Waals surface area contributed by atoms with Crippen molar-refractivity contribution in [1.29, 1.82) is 0 Å². The summed E-state index contributed by atoms with van der Waals surface area (Å²) in [5.41, 5.74) is -1.62. The Morgan fingerprint density at radius 3 is 2.72 bits per heavy atom. The number of carbonyl (C=O) groups is 3. The van der Waals surface area contributed by atoms with Crippen LogP contribution in [0.25, 0.3) is 0 Å². The summed E-state index contributed by atoms with van der Waals surface area (Å²) in [5.74, 6) is -2.79. The number of hydrogen-bond acceptors (Lipinski definition) is 5. The maximum Gasteiger partial charge on any atom is 0.308 e. The van der Waals surface area contributed by atoms with Crippen LogP contribution in [0.4, 0.5) is 4.39 Å². The number of ether oxygens (including phenoxy) is 2. The van der Waals surface area contributed by atoms with E-state index in [0.29, 0.717) is 19.4 Å². The van der Waals surface area contributed by atoms with Crippen LogP contribution >= 0.6 is 11.6 Å². The first-order valence-corrected chi connectivity index (χ1v) is 8.04. The number of hydrogen-bond donors (Lipinski definition) is 0. The van der Waals surface area contributed by atoms with Crippen molar-refractivity contribution in [3.05, 3.63) is 46.2 Å². The normalized spacial score (nSPS) is 23.3. The molecule has 1 unspecified atom stereocenters. The largest absolute Gasteiger partial charge is 0.456 e. The van der Waals surface area contributed by atoms with Crippen molar-refractivity contribution in [3.8, 4) is 0 Å². The molecule has 6 nitrogen and oxygen atoms in total. The van der Waals surface area contributed by atoms with E-state index in [9.17, 15) is 18.8 Å². The van der Waals surface area contributed by atoms with Gasteiger partial charge in [-0.25, -0.2) is 4.39 Å². The molecule has 1 saturated heterocycles. The van der Waals surface area contributed by atoms with Gasteiger partial charge in [0, 0.05) is 30.5 Å². The van der Waals surface area contributed by atoms with Gasteiger partial charge in [0.2, 0.25) is 23.2 Å². The van der Waals surface area contributed by atoms with Gasteiger partial charge < -0.3 is 9.47 Å². The zero-order valence-corrected chi connectivity index (χ0v) is 14.4. The molecule has 0 saturated carbocycles. The molecule has 1 atom stereocenters. The lowest BCUT2D eigenvalue weighted by atomic mass is 9.91. The Bertz CT molecular complexity index is 821. The van der Waals surface area contributed by atoms with Crippen molar-refractivity contribution < 1.29 is 28.2 Å². The van der Waals surface area contributed by atoms with Gasteiger partial charge in [0.25, 0.3) is 5.78 Å². The van der Waals surface area contributed by atoms with Crippen molar-refractivity contribution in [2.24, 2.45) is 0 Å². The van der Waals surface area contributed by atoms with Gasteiger partial charge in [-0.1, -0.05) is 11.6 Å². The minimum absolute atomic E-state index is 0.0884. The van der Waals surface area contributed by atoms with E-state index >= 15 is 0 Å². The van der Waals surface area contributed by atoms with Gasteiger partial charge in [-0.3, -0.25) is 19.3 Å². The van der Waals surface area contributed by atoms with E-state index < -0.39 is 23.2 Å². The predicted octanol–water partition coefficient (Wildman–Crippen LogP) is 2.65. The Morgan fingerprint density at radius 1 is 1.40 bits per heavy atom. The third-order valence-corrected chi connectivity index (χ3v) is 4.47.